The quantitative estimate of drug-likeness (QED) is 0.901. The Bertz CT molecular complexity index is 636. The van der Waals surface area contributed by atoms with Gasteiger partial charge in [0.1, 0.15) is 0 Å². The number of rotatable bonds is 4. The highest BCUT2D eigenvalue weighted by molar-refractivity contribution is 5.90. The minimum Gasteiger partial charge on any atom is -0.481 e. The number of carboxylic acids is 1. The van der Waals surface area contributed by atoms with Gasteiger partial charge in [-0.2, -0.15) is 0 Å². The number of fused-ring (bicyclic) bond motifs is 1. The summed E-state index contributed by atoms with van der Waals surface area (Å²) in [5, 5.41) is 13.9. The van der Waals surface area contributed by atoms with E-state index in [1.165, 1.54) is 0 Å². The Morgan fingerprint density at radius 1 is 1.24 bits per heavy atom. The Labute approximate surface area is 124 Å². The molecule has 2 aromatic rings. The minimum atomic E-state index is -0.652. The summed E-state index contributed by atoms with van der Waals surface area (Å²) in [5.41, 5.74) is 2.00. The summed E-state index contributed by atoms with van der Waals surface area (Å²) in [6.07, 6.45) is 5.75. The number of nitrogens with zero attached hydrogens (tertiary/aromatic N) is 1. The maximum atomic E-state index is 11.4. The molecule has 1 fully saturated rings. The second-order valence-corrected chi connectivity index (χ2v) is 5.75. The van der Waals surface area contributed by atoms with Crippen molar-refractivity contribution in [3.8, 4) is 0 Å². The van der Waals surface area contributed by atoms with E-state index in [9.17, 15) is 9.90 Å². The highest BCUT2D eigenvalue weighted by Crippen LogP contribution is 2.31. The average Bonchev–Trinajstić information content (AvgIpc) is 2.53. The number of hydrogen-bond donors (Lipinski definition) is 2. The topological polar surface area (TPSA) is 62.2 Å². The van der Waals surface area contributed by atoms with Crippen molar-refractivity contribution in [2.45, 2.75) is 25.7 Å². The molecule has 0 spiro atoms. The second kappa shape index (κ2) is 6.12. The van der Waals surface area contributed by atoms with E-state index in [4.69, 9.17) is 0 Å². The third-order valence-corrected chi connectivity index (χ3v) is 4.43. The van der Waals surface area contributed by atoms with Crippen LogP contribution in [0.4, 0.5) is 5.69 Å². The Morgan fingerprint density at radius 2 is 2.05 bits per heavy atom. The monoisotopic (exact) mass is 284 g/mol. The van der Waals surface area contributed by atoms with Gasteiger partial charge in [0, 0.05) is 23.8 Å². The van der Waals surface area contributed by atoms with E-state index in [1.807, 2.05) is 30.3 Å². The molecule has 1 heterocycles. The van der Waals surface area contributed by atoms with Gasteiger partial charge in [0.15, 0.2) is 0 Å². The first kappa shape index (κ1) is 13.9. The van der Waals surface area contributed by atoms with E-state index < -0.39 is 5.97 Å². The molecule has 4 heteroatoms. The maximum absolute atomic E-state index is 11.4. The lowest BCUT2D eigenvalue weighted by atomic mass is 9.79. The Hall–Kier alpha value is -2.10. The van der Waals surface area contributed by atoms with Gasteiger partial charge < -0.3 is 10.4 Å². The van der Waals surface area contributed by atoms with Crippen molar-refractivity contribution in [1.82, 2.24) is 4.98 Å². The molecule has 4 nitrogen and oxygen atoms in total. The lowest BCUT2D eigenvalue weighted by molar-refractivity contribution is -0.144. The van der Waals surface area contributed by atoms with Crippen molar-refractivity contribution in [2.24, 2.45) is 11.8 Å². The maximum Gasteiger partial charge on any atom is 0.306 e. The van der Waals surface area contributed by atoms with Crippen LogP contribution in [0.1, 0.15) is 25.7 Å². The van der Waals surface area contributed by atoms with Crippen molar-refractivity contribution in [2.75, 3.05) is 11.9 Å². The number of nitrogens with one attached hydrogen (secondary N) is 1. The fraction of sp³-hybridized carbons (Fsp3) is 0.412. The van der Waals surface area contributed by atoms with Gasteiger partial charge in [-0.3, -0.25) is 9.78 Å². The summed E-state index contributed by atoms with van der Waals surface area (Å²) in [7, 11) is 0. The van der Waals surface area contributed by atoms with E-state index in [0.717, 1.165) is 42.3 Å². The summed E-state index contributed by atoms with van der Waals surface area (Å²) < 4.78 is 0. The van der Waals surface area contributed by atoms with Crippen LogP contribution in [-0.2, 0) is 4.79 Å². The lowest BCUT2D eigenvalue weighted by Gasteiger charge is -2.29. The number of para-hydroxylation sites is 1. The summed E-state index contributed by atoms with van der Waals surface area (Å²) in [6.45, 7) is 0.713. The van der Waals surface area contributed by atoms with Crippen LogP contribution < -0.4 is 5.32 Å². The smallest absolute Gasteiger partial charge is 0.306 e. The van der Waals surface area contributed by atoms with Crippen molar-refractivity contribution in [3.05, 3.63) is 36.5 Å². The van der Waals surface area contributed by atoms with Crippen molar-refractivity contribution in [3.63, 3.8) is 0 Å². The summed E-state index contributed by atoms with van der Waals surface area (Å²) >= 11 is 0. The number of carbonyl (C=O) groups is 1. The number of benzene rings is 1. The molecule has 2 unspecified atom stereocenters. The molecule has 1 saturated carbocycles. The molecule has 0 amide bonds. The molecule has 3 rings (SSSR count). The number of anilines is 1. The molecular weight excluding hydrogens is 264 g/mol. The summed E-state index contributed by atoms with van der Waals surface area (Å²) in [5.74, 6) is -0.649. The highest BCUT2D eigenvalue weighted by atomic mass is 16.4. The van der Waals surface area contributed by atoms with Crippen molar-refractivity contribution in [1.29, 1.82) is 0 Å². The number of aliphatic carboxylic acids is 1. The Morgan fingerprint density at radius 3 is 2.90 bits per heavy atom. The zero-order valence-electron chi connectivity index (χ0n) is 12.0. The van der Waals surface area contributed by atoms with E-state index >= 15 is 0 Å². The van der Waals surface area contributed by atoms with Crippen LogP contribution in [-0.4, -0.2) is 22.6 Å². The SMILES string of the molecule is O=C(O)C1CCCCC1CNc1ccnc2ccccc12. The molecule has 1 aromatic heterocycles. The highest BCUT2D eigenvalue weighted by Gasteiger charge is 2.30. The molecule has 110 valence electrons. The molecule has 0 radical (unpaired) electrons. The lowest BCUT2D eigenvalue weighted by Crippen LogP contribution is -2.31. The van der Waals surface area contributed by atoms with E-state index in [0.29, 0.717) is 6.54 Å². The van der Waals surface area contributed by atoms with Crippen LogP contribution in [0.15, 0.2) is 36.5 Å². The molecule has 2 atom stereocenters. The molecule has 21 heavy (non-hydrogen) atoms. The fourth-order valence-corrected chi connectivity index (χ4v) is 3.27. The fourth-order valence-electron chi connectivity index (χ4n) is 3.27. The van der Waals surface area contributed by atoms with Crippen LogP contribution >= 0.6 is 0 Å². The largest absolute Gasteiger partial charge is 0.481 e. The Kier molecular flexibility index (Phi) is 4.04. The molecular formula is C17H20N2O2. The minimum absolute atomic E-state index is 0.209. The van der Waals surface area contributed by atoms with Crippen LogP contribution in [0.2, 0.25) is 0 Å². The predicted molar refractivity (Wildman–Crippen MR) is 83.3 cm³/mol. The normalized spacial score (nSPS) is 22.1. The molecule has 1 aromatic carbocycles. The van der Waals surface area contributed by atoms with Gasteiger partial charge in [-0.25, -0.2) is 0 Å². The van der Waals surface area contributed by atoms with Gasteiger partial charge in [0.05, 0.1) is 11.4 Å². The third kappa shape index (κ3) is 2.99. The third-order valence-electron chi connectivity index (χ3n) is 4.43. The first-order valence-corrected chi connectivity index (χ1v) is 7.56. The zero-order valence-corrected chi connectivity index (χ0v) is 12.0. The van der Waals surface area contributed by atoms with Gasteiger partial charge in [-0.1, -0.05) is 31.0 Å². The average molecular weight is 284 g/mol. The molecule has 0 bridgehead atoms. The van der Waals surface area contributed by atoms with Crippen LogP contribution in [0.5, 0.6) is 0 Å². The Balaban J connectivity index is 1.75. The number of pyridine rings is 1. The first-order chi connectivity index (χ1) is 10.3. The van der Waals surface area contributed by atoms with Gasteiger partial charge >= 0.3 is 5.97 Å². The standard InChI is InChI=1S/C17H20N2O2/c20-17(21)13-6-2-1-5-12(13)11-19-16-9-10-18-15-8-4-3-7-14(15)16/h3-4,7-10,12-13H,1-2,5-6,11H2,(H,18,19)(H,20,21). The number of hydrogen-bond acceptors (Lipinski definition) is 3. The predicted octanol–water partition coefficient (Wildman–Crippen LogP) is 3.54. The number of carboxylic acid groups (broad SMARTS) is 1. The molecule has 1 aliphatic carbocycles. The van der Waals surface area contributed by atoms with E-state index in [1.54, 1.807) is 6.20 Å². The van der Waals surface area contributed by atoms with Crippen molar-refractivity contribution >= 4 is 22.6 Å². The summed E-state index contributed by atoms with van der Waals surface area (Å²) in [6, 6.07) is 9.96. The van der Waals surface area contributed by atoms with Gasteiger partial charge in [0.25, 0.3) is 0 Å². The molecule has 0 saturated heterocycles. The molecule has 1 aliphatic rings. The molecule has 0 aliphatic heterocycles. The van der Waals surface area contributed by atoms with Crippen LogP contribution in [0.3, 0.4) is 0 Å². The zero-order chi connectivity index (χ0) is 14.7. The van der Waals surface area contributed by atoms with E-state index in [-0.39, 0.29) is 11.8 Å². The number of aromatic nitrogens is 1. The second-order valence-electron chi connectivity index (χ2n) is 5.75. The van der Waals surface area contributed by atoms with Crippen LogP contribution in [0, 0.1) is 11.8 Å². The first-order valence-electron chi connectivity index (χ1n) is 7.56. The van der Waals surface area contributed by atoms with Gasteiger partial charge in [-0.15, -0.1) is 0 Å². The summed E-state index contributed by atoms with van der Waals surface area (Å²) in [4.78, 5) is 15.7. The van der Waals surface area contributed by atoms with Gasteiger partial charge in [-0.05, 0) is 30.9 Å². The van der Waals surface area contributed by atoms with Gasteiger partial charge in [0.2, 0.25) is 0 Å². The molecule has 2 N–H and O–H groups in total. The van der Waals surface area contributed by atoms with Crippen molar-refractivity contribution < 1.29 is 9.90 Å². The van der Waals surface area contributed by atoms with Crippen LogP contribution in [0.25, 0.3) is 10.9 Å². The van der Waals surface area contributed by atoms with E-state index in [2.05, 4.69) is 10.3 Å².